The van der Waals surface area contributed by atoms with Crippen LogP contribution in [0.25, 0.3) is 10.2 Å². The number of ether oxygens (including phenoxy) is 1. The lowest BCUT2D eigenvalue weighted by atomic mass is 10.4. The number of fused-ring (bicyclic) bond motifs is 1. The minimum atomic E-state index is -0.225. The lowest BCUT2D eigenvalue weighted by Gasteiger charge is -2.05. The predicted octanol–water partition coefficient (Wildman–Crippen LogP) is 2.70. The highest BCUT2D eigenvalue weighted by atomic mass is 32.2. The van der Waals surface area contributed by atoms with Crippen molar-refractivity contribution in [2.75, 3.05) is 24.7 Å². The maximum Gasteiger partial charge on any atom is 0.316 e. The van der Waals surface area contributed by atoms with Crippen LogP contribution in [0.1, 0.15) is 11.8 Å². The summed E-state index contributed by atoms with van der Waals surface area (Å²) in [5.41, 5.74) is 0. The number of aryl methyl sites for hydroxylation is 1. The molecular weight excluding hydrogens is 282 g/mol. The number of thiophene rings is 1. The van der Waals surface area contributed by atoms with Gasteiger partial charge >= 0.3 is 5.97 Å². The van der Waals surface area contributed by atoms with Gasteiger partial charge in [0, 0.05) is 17.3 Å². The van der Waals surface area contributed by atoms with E-state index in [0.29, 0.717) is 12.6 Å². The monoisotopic (exact) mass is 297 g/mol. The van der Waals surface area contributed by atoms with Gasteiger partial charge in [0.15, 0.2) is 0 Å². The minimum Gasteiger partial charge on any atom is -0.465 e. The van der Waals surface area contributed by atoms with Crippen LogP contribution in [0.5, 0.6) is 0 Å². The summed E-state index contributed by atoms with van der Waals surface area (Å²) >= 11 is 3.00. The molecule has 2 rings (SSSR count). The number of thioether (sulfide) groups is 1. The molecule has 0 atom stereocenters. The second-order valence-corrected chi connectivity index (χ2v) is 5.97. The van der Waals surface area contributed by atoms with Crippen molar-refractivity contribution in [2.24, 2.45) is 0 Å². The third kappa shape index (κ3) is 3.36. The normalized spacial score (nSPS) is 10.7. The van der Waals surface area contributed by atoms with Gasteiger partial charge in [0.05, 0.1) is 12.4 Å². The molecule has 0 spiro atoms. The van der Waals surface area contributed by atoms with Gasteiger partial charge in [-0.25, -0.2) is 9.97 Å². The highest BCUT2D eigenvalue weighted by Crippen LogP contribution is 2.32. The van der Waals surface area contributed by atoms with Gasteiger partial charge < -0.3 is 10.1 Å². The van der Waals surface area contributed by atoms with Crippen LogP contribution in [-0.4, -0.2) is 35.3 Å². The molecule has 2 heterocycles. The number of esters is 1. The van der Waals surface area contributed by atoms with Crippen molar-refractivity contribution in [2.45, 2.75) is 18.9 Å². The van der Waals surface area contributed by atoms with Crippen LogP contribution in [0, 0.1) is 6.92 Å². The number of nitrogens with one attached hydrogen (secondary N) is 1. The van der Waals surface area contributed by atoms with Crippen LogP contribution in [0.3, 0.4) is 0 Å². The topological polar surface area (TPSA) is 64.1 Å². The average molecular weight is 297 g/mol. The average Bonchev–Trinajstić information content (AvgIpc) is 2.76. The van der Waals surface area contributed by atoms with Crippen LogP contribution < -0.4 is 5.32 Å². The van der Waals surface area contributed by atoms with E-state index >= 15 is 0 Å². The fraction of sp³-hybridized carbons (Fsp3) is 0.417. The Morgan fingerprint density at radius 1 is 1.53 bits per heavy atom. The Hall–Kier alpha value is -1.34. The molecule has 7 heteroatoms. The molecule has 19 heavy (non-hydrogen) atoms. The molecule has 2 aromatic rings. The van der Waals surface area contributed by atoms with Crippen molar-refractivity contribution in [3.05, 3.63) is 10.9 Å². The number of anilines is 1. The molecular formula is C12H15N3O2S2. The first-order chi connectivity index (χ1) is 9.13. The van der Waals surface area contributed by atoms with Crippen molar-refractivity contribution in [1.29, 1.82) is 0 Å². The molecule has 0 saturated heterocycles. The van der Waals surface area contributed by atoms with Crippen LogP contribution >= 0.6 is 23.1 Å². The molecule has 0 aliphatic rings. The lowest BCUT2D eigenvalue weighted by molar-refractivity contribution is -0.139. The second kappa shape index (κ2) is 6.21. The third-order valence-corrected chi connectivity index (χ3v) is 4.25. The number of rotatable bonds is 5. The summed E-state index contributed by atoms with van der Waals surface area (Å²) in [5.74, 6) is 0.607. The minimum absolute atomic E-state index is 0.225. The van der Waals surface area contributed by atoms with Crippen molar-refractivity contribution in [3.63, 3.8) is 0 Å². The highest BCUT2D eigenvalue weighted by molar-refractivity contribution is 8.00. The van der Waals surface area contributed by atoms with E-state index < -0.39 is 0 Å². The van der Waals surface area contributed by atoms with Gasteiger partial charge in [-0.1, -0.05) is 11.8 Å². The predicted molar refractivity (Wildman–Crippen MR) is 79.1 cm³/mol. The van der Waals surface area contributed by atoms with Crippen LogP contribution in [0.15, 0.2) is 11.1 Å². The van der Waals surface area contributed by atoms with Crippen molar-refractivity contribution >= 4 is 45.2 Å². The van der Waals surface area contributed by atoms with Crippen LogP contribution in [0.2, 0.25) is 0 Å². The molecule has 0 aromatic carbocycles. The summed E-state index contributed by atoms with van der Waals surface area (Å²) in [7, 11) is 1.78. The first-order valence-corrected chi connectivity index (χ1v) is 7.68. The molecule has 1 N–H and O–H groups in total. The Balaban J connectivity index is 2.27. The first-order valence-electron chi connectivity index (χ1n) is 5.88. The van der Waals surface area contributed by atoms with Crippen LogP contribution in [0.4, 0.5) is 5.95 Å². The van der Waals surface area contributed by atoms with E-state index in [4.69, 9.17) is 4.74 Å². The molecule has 0 radical (unpaired) electrons. The summed E-state index contributed by atoms with van der Waals surface area (Å²) in [6.45, 7) is 4.23. The molecule has 0 saturated carbocycles. The summed E-state index contributed by atoms with van der Waals surface area (Å²) in [6.07, 6.45) is 0. The van der Waals surface area contributed by atoms with Crippen molar-refractivity contribution in [1.82, 2.24) is 9.97 Å². The van der Waals surface area contributed by atoms with E-state index in [2.05, 4.69) is 15.3 Å². The molecule has 0 unspecified atom stereocenters. The number of hydrogen-bond acceptors (Lipinski definition) is 7. The standard InChI is InChI=1S/C12H15N3O2S2/c1-4-17-9(16)6-18-10-8-5-7(2)19-11(8)15-12(13-3)14-10/h5H,4,6H2,1-3H3,(H,13,14,15). The van der Waals surface area contributed by atoms with Crippen molar-refractivity contribution < 1.29 is 9.53 Å². The number of aromatic nitrogens is 2. The Labute approximate surface area is 119 Å². The molecule has 0 aliphatic heterocycles. The van der Waals surface area contributed by atoms with Gasteiger partial charge in [-0.15, -0.1) is 11.3 Å². The van der Waals surface area contributed by atoms with Gasteiger partial charge in [0.25, 0.3) is 0 Å². The summed E-state index contributed by atoms with van der Waals surface area (Å²) in [5, 5.41) is 4.74. The van der Waals surface area contributed by atoms with Gasteiger partial charge in [-0.05, 0) is 19.9 Å². The SMILES string of the molecule is CCOC(=O)CSc1nc(NC)nc2sc(C)cc12. The number of hydrogen-bond donors (Lipinski definition) is 1. The zero-order valence-electron chi connectivity index (χ0n) is 11.0. The molecule has 0 amide bonds. The number of nitrogens with zero attached hydrogens (tertiary/aromatic N) is 2. The van der Waals surface area contributed by atoms with Crippen LogP contribution in [-0.2, 0) is 9.53 Å². The van der Waals surface area contributed by atoms with Gasteiger partial charge in [-0.3, -0.25) is 4.79 Å². The third-order valence-electron chi connectivity index (χ3n) is 2.34. The summed E-state index contributed by atoms with van der Waals surface area (Å²) in [6, 6.07) is 2.05. The van der Waals surface area contributed by atoms with Gasteiger partial charge in [-0.2, -0.15) is 0 Å². The lowest BCUT2D eigenvalue weighted by Crippen LogP contribution is -2.07. The number of carbonyl (C=O) groups excluding carboxylic acids is 1. The Kier molecular flexibility index (Phi) is 4.60. The Morgan fingerprint density at radius 2 is 2.32 bits per heavy atom. The van der Waals surface area contributed by atoms with E-state index in [1.807, 2.05) is 13.0 Å². The van der Waals surface area contributed by atoms with Crippen molar-refractivity contribution in [3.8, 4) is 0 Å². The second-order valence-electron chi connectivity index (χ2n) is 3.77. The van der Waals surface area contributed by atoms with Gasteiger partial charge in [0.2, 0.25) is 5.95 Å². The van der Waals surface area contributed by atoms with E-state index in [1.54, 1.807) is 25.3 Å². The maximum absolute atomic E-state index is 11.4. The summed E-state index contributed by atoms with van der Waals surface area (Å²) < 4.78 is 4.92. The molecule has 0 aliphatic carbocycles. The molecule has 5 nitrogen and oxygen atoms in total. The molecule has 0 fully saturated rings. The zero-order chi connectivity index (χ0) is 13.8. The fourth-order valence-electron chi connectivity index (χ4n) is 1.57. The fourth-order valence-corrected chi connectivity index (χ4v) is 3.31. The van der Waals surface area contributed by atoms with E-state index in [1.165, 1.54) is 16.6 Å². The largest absolute Gasteiger partial charge is 0.465 e. The first kappa shape index (κ1) is 14.1. The highest BCUT2D eigenvalue weighted by Gasteiger charge is 2.12. The molecule has 2 aromatic heterocycles. The van der Waals surface area contributed by atoms with Gasteiger partial charge in [0.1, 0.15) is 9.86 Å². The molecule has 0 bridgehead atoms. The maximum atomic E-state index is 11.4. The Bertz CT molecular complexity index is 598. The smallest absolute Gasteiger partial charge is 0.316 e. The van der Waals surface area contributed by atoms with E-state index in [9.17, 15) is 4.79 Å². The quantitative estimate of drug-likeness (QED) is 0.520. The Morgan fingerprint density at radius 3 is 3.00 bits per heavy atom. The summed E-state index contributed by atoms with van der Waals surface area (Å²) in [4.78, 5) is 22.3. The van der Waals surface area contributed by atoms with E-state index in [-0.39, 0.29) is 11.7 Å². The number of carbonyl (C=O) groups is 1. The van der Waals surface area contributed by atoms with E-state index in [0.717, 1.165) is 15.2 Å². The zero-order valence-corrected chi connectivity index (χ0v) is 12.7. The molecule has 102 valence electrons.